The van der Waals surface area contributed by atoms with E-state index in [4.69, 9.17) is 4.52 Å². The quantitative estimate of drug-likeness (QED) is 0.760. The molecule has 3 aromatic rings. The number of nitrogens with zero attached hydrogens (tertiary/aromatic N) is 5. The molecule has 0 radical (unpaired) electrons. The fourth-order valence-electron chi connectivity index (χ4n) is 2.97. The van der Waals surface area contributed by atoms with Crippen molar-refractivity contribution >= 4 is 23.2 Å². The summed E-state index contributed by atoms with van der Waals surface area (Å²) in [5, 5.41) is 9.31. The summed E-state index contributed by atoms with van der Waals surface area (Å²) in [6, 6.07) is 5.50. The highest BCUT2D eigenvalue weighted by Crippen LogP contribution is 2.27. The van der Waals surface area contributed by atoms with Crippen LogP contribution in [-0.4, -0.2) is 44.1 Å². The molecule has 26 heavy (non-hydrogen) atoms. The molecule has 0 saturated carbocycles. The van der Waals surface area contributed by atoms with E-state index in [2.05, 4.69) is 25.4 Å². The van der Waals surface area contributed by atoms with Crippen LogP contribution in [0.3, 0.4) is 0 Å². The largest absolute Gasteiger partial charge is 0.339 e. The number of piperidine rings is 1. The second-order valence-corrected chi connectivity index (χ2v) is 7.01. The second kappa shape index (κ2) is 7.20. The lowest BCUT2D eigenvalue weighted by molar-refractivity contribution is 0.184. The monoisotopic (exact) mass is 370 g/mol. The van der Waals surface area contributed by atoms with Crippen molar-refractivity contribution in [1.29, 1.82) is 0 Å². The minimum absolute atomic E-state index is 0.0789. The van der Waals surface area contributed by atoms with Gasteiger partial charge in [-0.2, -0.15) is 4.98 Å². The summed E-state index contributed by atoms with van der Waals surface area (Å²) in [6.07, 6.45) is 3.56. The van der Waals surface area contributed by atoms with Crippen LogP contribution in [0, 0.1) is 6.92 Å². The number of hydrogen-bond acceptors (Lipinski definition) is 7. The third-order valence-corrected chi connectivity index (χ3v) is 5.09. The number of thiazole rings is 1. The Bertz CT molecular complexity index is 894. The lowest BCUT2D eigenvalue weighted by atomic mass is 9.98. The number of amides is 2. The molecule has 1 fully saturated rings. The van der Waals surface area contributed by atoms with Gasteiger partial charge >= 0.3 is 6.03 Å². The minimum atomic E-state index is -0.163. The van der Waals surface area contributed by atoms with Crippen molar-refractivity contribution in [3.05, 3.63) is 41.5 Å². The van der Waals surface area contributed by atoms with Crippen molar-refractivity contribution in [2.75, 3.05) is 18.4 Å². The molecule has 3 aromatic heterocycles. The van der Waals surface area contributed by atoms with Gasteiger partial charge in [-0.1, -0.05) is 11.2 Å². The topological polar surface area (TPSA) is 97.0 Å². The third kappa shape index (κ3) is 3.57. The Morgan fingerprint density at radius 3 is 3.08 bits per heavy atom. The van der Waals surface area contributed by atoms with Crippen molar-refractivity contribution in [2.24, 2.45) is 0 Å². The Morgan fingerprint density at radius 2 is 2.31 bits per heavy atom. The molecule has 8 nitrogen and oxygen atoms in total. The van der Waals surface area contributed by atoms with E-state index in [0.29, 0.717) is 30.6 Å². The van der Waals surface area contributed by atoms with Crippen LogP contribution < -0.4 is 5.32 Å². The highest BCUT2D eigenvalue weighted by molar-refractivity contribution is 7.13. The fraction of sp³-hybridized carbons (Fsp3) is 0.353. The van der Waals surface area contributed by atoms with Gasteiger partial charge in [0.15, 0.2) is 5.82 Å². The van der Waals surface area contributed by atoms with Gasteiger partial charge in [0.2, 0.25) is 5.89 Å². The summed E-state index contributed by atoms with van der Waals surface area (Å²) < 4.78 is 5.27. The minimum Gasteiger partial charge on any atom is -0.339 e. The Balaban J connectivity index is 1.41. The van der Waals surface area contributed by atoms with Gasteiger partial charge < -0.3 is 9.42 Å². The molecule has 2 amide bonds. The maximum absolute atomic E-state index is 12.6. The van der Waals surface area contributed by atoms with Crippen LogP contribution >= 0.6 is 11.3 Å². The molecule has 1 atom stereocenters. The Morgan fingerprint density at radius 1 is 1.38 bits per heavy atom. The molecule has 1 N–H and O–H groups in total. The molecule has 1 saturated heterocycles. The van der Waals surface area contributed by atoms with Crippen molar-refractivity contribution in [3.8, 4) is 10.7 Å². The summed E-state index contributed by atoms with van der Waals surface area (Å²) in [6.45, 7) is 3.05. The number of anilines is 1. The average Bonchev–Trinajstić information content (AvgIpc) is 3.32. The molecule has 134 valence electrons. The van der Waals surface area contributed by atoms with E-state index in [0.717, 1.165) is 23.5 Å². The Hall–Kier alpha value is -2.81. The summed E-state index contributed by atoms with van der Waals surface area (Å²) in [7, 11) is 0. The maximum atomic E-state index is 12.6. The molecule has 0 aromatic carbocycles. The zero-order chi connectivity index (χ0) is 17.9. The number of aromatic nitrogens is 4. The van der Waals surface area contributed by atoms with Crippen LogP contribution in [0.5, 0.6) is 0 Å². The van der Waals surface area contributed by atoms with Gasteiger partial charge in [0.25, 0.3) is 0 Å². The highest BCUT2D eigenvalue weighted by atomic mass is 32.1. The Kier molecular flexibility index (Phi) is 4.61. The first kappa shape index (κ1) is 16.6. The zero-order valence-corrected chi connectivity index (χ0v) is 15.1. The number of carbonyl (C=O) groups excluding carboxylic acids is 1. The molecule has 0 bridgehead atoms. The summed E-state index contributed by atoms with van der Waals surface area (Å²) in [4.78, 5) is 27.4. The van der Waals surface area contributed by atoms with E-state index in [1.54, 1.807) is 18.0 Å². The number of carbonyl (C=O) groups is 1. The Labute approximate surface area is 154 Å². The number of hydrogen-bond donors (Lipinski definition) is 1. The highest BCUT2D eigenvalue weighted by Gasteiger charge is 2.28. The lowest BCUT2D eigenvalue weighted by Gasteiger charge is -2.30. The summed E-state index contributed by atoms with van der Waals surface area (Å²) >= 11 is 1.45. The zero-order valence-electron chi connectivity index (χ0n) is 14.3. The SMILES string of the molecule is Cc1noc(C2CCCN(C(=O)Nc3csc(-c4ccccn4)n3)C2)n1. The standard InChI is InChI=1S/C17H18N6O2S/c1-11-19-15(25-22-11)12-5-4-8-23(9-12)17(24)21-14-10-26-16(20-14)13-6-2-3-7-18-13/h2-3,6-7,10,12H,4-5,8-9H2,1H3,(H,21,24). The number of nitrogens with one attached hydrogen (secondary N) is 1. The number of pyridine rings is 1. The van der Waals surface area contributed by atoms with Crippen LogP contribution in [0.2, 0.25) is 0 Å². The number of rotatable bonds is 3. The first-order chi connectivity index (χ1) is 12.7. The molecule has 0 aliphatic carbocycles. The van der Waals surface area contributed by atoms with E-state index in [1.807, 2.05) is 23.6 Å². The fourth-order valence-corrected chi connectivity index (χ4v) is 3.70. The van der Waals surface area contributed by atoms with Gasteiger partial charge in [0.1, 0.15) is 10.8 Å². The maximum Gasteiger partial charge on any atom is 0.323 e. The predicted molar refractivity (Wildman–Crippen MR) is 96.9 cm³/mol. The predicted octanol–water partition coefficient (Wildman–Crippen LogP) is 3.31. The van der Waals surface area contributed by atoms with Gasteiger partial charge in [-0.3, -0.25) is 10.3 Å². The second-order valence-electron chi connectivity index (χ2n) is 6.15. The van der Waals surface area contributed by atoms with Crippen LogP contribution in [-0.2, 0) is 0 Å². The molecule has 4 heterocycles. The van der Waals surface area contributed by atoms with Gasteiger partial charge in [-0.05, 0) is 31.9 Å². The molecule has 1 unspecified atom stereocenters. The smallest absolute Gasteiger partial charge is 0.323 e. The van der Waals surface area contributed by atoms with E-state index >= 15 is 0 Å². The molecule has 1 aliphatic rings. The van der Waals surface area contributed by atoms with Crippen molar-refractivity contribution in [1.82, 2.24) is 25.0 Å². The van der Waals surface area contributed by atoms with Crippen molar-refractivity contribution in [2.45, 2.75) is 25.7 Å². The molecular formula is C17H18N6O2S. The van der Waals surface area contributed by atoms with Crippen molar-refractivity contribution in [3.63, 3.8) is 0 Å². The molecule has 0 spiro atoms. The van der Waals surface area contributed by atoms with Crippen LogP contribution in [0.1, 0.15) is 30.5 Å². The first-order valence-electron chi connectivity index (χ1n) is 8.42. The van der Waals surface area contributed by atoms with Gasteiger partial charge in [0.05, 0.1) is 11.6 Å². The third-order valence-electron chi connectivity index (χ3n) is 4.22. The number of aryl methyl sites for hydroxylation is 1. The van der Waals surface area contributed by atoms with E-state index in [-0.39, 0.29) is 11.9 Å². The van der Waals surface area contributed by atoms with E-state index in [9.17, 15) is 4.79 Å². The molecular weight excluding hydrogens is 352 g/mol. The lowest BCUT2D eigenvalue weighted by Crippen LogP contribution is -2.41. The van der Waals surface area contributed by atoms with Crippen LogP contribution in [0.15, 0.2) is 34.3 Å². The van der Waals surface area contributed by atoms with E-state index in [1.165, 1.54) is 11.3 Å². The van der Waals surface area contributed by atoms with Crippen LogP contribution in [0.4, 0.5) is 10.6 Å². The summed E-state index contributed by atoms with van der Waals surface area (Å²) in [5.41, 5.74) is 0.794. The summed E-state index contributed by atoms with van der Waals surface area (Å²) in [5.74, 6) is 1.84. The van der Waals surface area contributed by atoms with Gasteiger partial charge in [-0.25, -0.2) is 9.78 Å². The van der Waals surface area contributed by atoms with Gasteiger partial charge in [0, 0.05) is 24.7 Å². The molecule has 9 heteroatoms. The number of urea groups is 1. The van der Waals surface area contributed by atoms with Gasteiger partial charge in [-0.15, -0.1) is 11.3 Å². The molecule has 1 aliphatic heterocycles. The molecule has 4 rings (SSSR count). The van der Waals surface area contributed by atoms with E-state index < -0.39 is 0 Å². The number of likely N-dealkylation sites (tertiary alicyclic amines) is 1. The van der Waals surface area contributed by atoms with Crippen LogP contribution in [0.25, 0.3) is 10.7 Å². The average molecular weight is 370 g/mol. The normalized spacial score (nSPS) is 17.3. The first-order valence-corrected chi connectivity index (χ1v) is 9.30. The van der Waals surface area contributed by atoms with Crippen molar-refractivity contribution < 1.29 is 9.32 Å².